The van der Waals surface area contributed by atoms with Crippen molar-refractivity contribution < 1.29 is 27.4 Å². The topological polar surface area (TPSA) is 83.1 Å². The third-order valence-corrected chi connectivity index (χ3v) is 6.73. The van der Waals surface area contributed by atoms with Crippen molar-refractivity contribution in [1.29, 1.82) is 0 Å². The summed E-state index contributed by atoms with van der Waals surface area (Å²) in [5.41, 5.74) is 1.05. The van der Waals surface area contributed by atoms with Crippen LogP contribution in [0.2, 0.25) is 0 Å². The molecule has 1 aliphatic heterocycles. The molecule has 8 heteroatoms. The number of rotatable bonds is 7. The molecule has 7 nitrogen and oxygen atoms in total. The normalized spacial score (nSPS) is 21.0. The maximum absolute atomic E-state index is 13.1. The van der Waals surface area contributed by atoms with Gasteiger partial charge in [-0.1, -0.05) is 39.8 Å². The highest BCUT2D eigenvalue weighted by Crippen LogP contribution is 2.40. The summed E-state index contributed by atoms with van der Waals surface area (Å²) in [4.78, 5) is -0.00783. The molecule has 0 radical (unpaired) electrons. The van der Waals surface area contributed by atoms with Gasteiger partial charge in [-0.2, -0.15) is 0 Å². The maximum atomic E-state index is 13.1. The Labute approximate surface area is 184 Å². The highest BCUT2D eigenvalue weighted by molar-refractivity contribution is 7.92. The van der Waals surface area contributed by atoms with E-state index < -0.39 is 16.3 Å². The zero-order chi connectivity index (χ0) is 22.8. The third-order valence-electron chi connectivity index (χ3n) is 5.32. The van der Waals surface area contributed by atoms with Gasteiger partial charge in [0.2, 0.25) is 0 Å². The molecule has 0 saturated carbocycles. The number of anilines is 1. The molecule has 0 aliphatic carbocycles. The summed E-state index contributed by atoms with van der Waals surface area (Å²) >= 11 is 0. The van der Waals surface area contributed by atoms with Crippen molar-refractivity contribution >= 4 is 15.7 Å². The van der Waals surface area contributed by atoms with E-state index in [0.29, 0.717) is 24.0 Å². The Morgan fingerprint density at radius 1 is 1.10 bits per heavy atom. The SMILES string of the molecule is COc1ccc(OC)c(S(=O)(=O)Nc2cccc(C3OCC(C)(C)C(C(C)C)O3)c2)c1. The Kier molecular flexibility index (Phi) is 6.83. The summed E-state index contributed by atoms with van der Waals surface area (Å²) in [5.74, 6) is 0.968. The van der Waals surface area contributed by atoms with E-state index in [1.54, 1.807) is 30.3 Å². The van der Waals surface area contributed by atoms with Crippen LogP contribution in [0, 0.1) is 11.3 Å². The van der Waals surface area contributed by atoms with Crippen molar-refractivity contribution in [3.8, 4) is 11.5 Å². The molecular formula is C23H31NO6S. The van der Waals surface area contributed by atoms with E-state index in [9.17, 15) is 8.42 Å². The molecule has 1 saturated heterocycles. The smallest absolute Gasteiger partial charge is 0.265 e. The molecule has 1 fully saturated rings. The Balaban J connectivity index is 1.86. The van der Waals surface area contributed by atoms with Gasteiger partial charge in [-0.15, -0.1) is 0 Å². The van der Waals surface area contributed by atoms with Gasteiger partial charge in [-0.05, 0) is 30.2 Å². The van der Waals surface area contributed by atoms with E-state index in [4.69, 9.17) is 18.9 Å². The summed E-state index contributed by atoms with van der Waals surface area (Å²) in [6, 6.07) is 11.7. The second kappa shape index (κ2) is 9.06. The zero-order valence-electron chi connectivity index (χ0n) is 18.8. The minimum atomic E-state index is -3.92. The van der Waals surface area contributed by atoms with Gasteiger partial charge in [-0.25, -0.2) is 8.42 Å². The zero-order valence-corrected chi connectivity index (χ0v) is 19.7. The predicted molar refractivity (Wildman–Crippen MR) is 119 cm³/mol. The minimum Gasteiger partial charge on any atom is -0.497 e. The van der Waals surface area contributed by atoms with Crippen molar-refractivity contribution in [3.05, 3.63) is 48.0 Å². The summed E-state index contributed by atoms with van der Waals surface area (Å²) in [6.07, 6.45) is -0.538. The van der Waals surface area contributed by atoms with Gasteiger partial charge in [0.15, 0.2) is 6.29 Å². The number of sulfonamides is 1. The minimum absolute atomic E-state index is 0.00783. The number of nitrogens with one attached hydrogen (secondary N) is 1. The van der Waals surface area contributed by atoms with Gasteiger partial charge < -0.3 is 18.9 Å². The average molecular weight is 450 g/mol. The van der Waals surface area contributed by atoms with Crippen LogP contribution in [0.1, 0.15) is 39.5 Å². The molecule has 0 aromatic heterocycles. The molecule has 1 aliphatic rings. The number of hydrogen-bond donors (Lipinski definition) is 1. The summed E-state index contributed by atoms with van der Waals surface area (Å²) in [5, 5.41) is 0. The summed E-state index contributed by atoms with van der Waals surface area (Å²) in [7, 11) is -1.02. The lowest BCUT2D eigenvalue weighted by atomic mass is 9.80. The lowest BCUT2D eigenvalue weighted by Crippen LogP contribution is -2.45. The molecule has 0 spiro atoms. The molecule has 0 amide bonds. The van der Waals surface area contributed by atoms with Crippen LogP contribution in [0.3, 0.4) is 0 Å². The molecule has 1 heterocycles. The maximum Gasteiger partial charge on any atom is 0.265 e. The van der Waals surface area contributed by atoms with Gasteiger partial charge in [0.05, 0.1) is 26.9 Å². The number of hydrogen-bond acceptors (Lipinski definition) is 6. The van der Waals surface area contributed by atoms with Gasteiger partial charge in [0.25, 0.3) is 10.0 Å². The quantitative estimate of drug-likeness (QED) is 0.665. The van der Waals surface area contributed by atoms with Crippen molar-refractivity contribution in [1.82, 2.24) is 0 Å². The van der Waals surface area contributed by atoms with Gasteiger partial charge >= 0.3 is 0 Å². The molecule has 2 aromatic rings. The molecule has 2 aromatic carbocycles. The lowest BCUT2D eigenvalue weighted by Gasteiger charge is -2.44. The first-order valence-corrected chi connectivity index (χ1v) is 11.7. The molecule has 31 heavy (non-hydrogen) atoms. The van der Waals surface area contributed by atoms with Gasteiger partial charge in [0, 0.05) is 22.7 Å². The predicted octanol–water partition coefficient (Wildman–Crippen LogP) is 4.60. The molecular weight excluding hydrogens is 418 g/mol. The fourth-order valence-corrected chi connectivity index (χ4v) is 5.15. The highest BCUT2D eigenvalue weighted by atomic mass is 32.2. The molecule has 2 atom stereocenters. The van der Waals surface area contributed by atoms with E-state index in [1.165, 1.54) is 20.3 Å². The fraction of sp³-hybridized carbons (Fsp3) is 0.478. The molecule has 170 valence electrons. The number of ether oxygens (including phenoxy) is 4. The van der Waals surface area contributed by atoms with E-state index in [1.807, 2.05) is 6.07 Å². The number of benzene rings is 2. The van der Waals surface area contributed by atoms with Crippen molar-refractivity contribution in [2.75, 3.05) is 25.5 Å². The van der Waals surface area contributed by atoms with Crippen LogP contribution >= 0.6 is 0 Å². The first-order chi connectivity index (χ1) is 14.6. The van der Waals surface area contributed by atoms with E-state index in [2.05, 4.69) is 32.4 Å². The molecule has 1 N–H and O–H groups in total. The van der Waals surface area contributed by atoms with Crippen molar-refractivity contribution in [2.24, 2.45) is 11.3 Å². The van der Waals surface area contributed by atoms with E-state index >= 15 is 0 Å². The second-order valence-electron chi connectivity index (χ2n) is 8.68. The van der Waals surface area contributed by atoms with Crippen LogP contribution in [0.4, 0.5) is 5.69 Å². The van der Waals surface area contributed by atoms with Crippen LogP contribution in [0.15, 0.2) is 47.4 Å². The van der Waals surface area contributed by atoms with E-state index in [-0.39, 0.29) is 22.2 Å². The van der Waals surface area contributed by atoms with E-state index in [0.717, 1.165) is 5.56 Å². The fourth-order valence-electron chi connectivity index (χ4n) is 3.92. The first kappa shape index (κ1) is 23.4. The monoisotopic (exact) mass is 449 g/mol. The van der Waals surface area contributed by atoms with Crippen LogP contribution < -0.4 is 14.2 Å². The van der Waals surface area contributed by atoms with Crippen molar-refractivity contribution in [2.45, 2.75) is 45.0 Å². The Morgan fingerprint density at radius 2 is 1.84 bits per heavy atom. The largest absolute Gasteiger partial charge is 0.497 e. The molecule has 0 bridgehead atoms. The molecule has 3 rings (SSSR count). The Bertz CT molecular complexity index is 1020. The third kappa shape index (κ3) is 5.14. The molecule has 2 unspecified atom stereocenters. The van der Waals surface area contributed by atoms with Crippen LogP contribution in [-0.2, 0) is 19.5 Å². The van der Waals surface area contributed by atoms with Gasteiger partial charge in [0.1, 0.15) is 16.4 Å². The average Bonchev–Trinajstić information content (AvgIpc) is 2.72. The first-order valence-electron chi connectivity index (χ1n) is 10.2. The number of methoxy groups -OCH3 is 2. The lowest BCUT2D eigenvalue weighted by molar-refractivity contribution is -0.274. The summed E-state index contributed by atoms with van der Waals surface area (Å²) < 4.78 is 51.3. The van der Waals surface area contributed by atoms with Crippen LogP contribution in [0.5, 0.6) is 11.5 Å². The Morgan fingerprint density at radius 3 is 2.48 bits per heavy atom. The highest BCUT2D eigenvalue weighted by Gasteiger charge is 2.40. The second-order valence-corrected chi connectivity index (χ2v) is 10.3. The van der Waals surface area contributed by atoms with Crippen LogP contribution in [0.25, 0.3) is 0 Å². The summed E-state index contributed by atoms with van der Waals surface area (Å²) in [6.45, 7) is 9.05. The Hall–Kier alpha value is -2.29. The van der Waals surface area contributed by atoms with Crippen molar-refractivity contribution in [3.63, 3.8) is 0 Å². The standard InChI is InChI=1S/C23H31NO6S/c1-15(2)21-23(3,4)14-29-22(30-21)16-8-7-9-17(12-16)24-31(25,26)20-13-18(27-5)10-11-19(20)28-6/h7-13,15,21-22,24H,14H2,1-6H3. The van der Waals surface area contributed by atoms with Crippen LogP contribution in [-0.4, -0.2) is 35.3 Å². The van der Waals surface area contributed by atoms with Gasteiger partial charge in [-0.3, -0.25) is 4.72 Å².